The van der Waals surface area contributed by atoms with Crippen molar-refractivity contribution < 1.29 is 4.74 Å². The number of aromatic nitrogens is 1. The number of anilines is 1. The molecule has 0 aliphatic rings. The van der Waals surface area contributed by atoms with E-state index in [-0.39, 0.29) is 6.10 Å². The number of hydrogen-bond donors (Lipinski definition) is 2. The Hall–Kier alpha value is -1.63. The quantitative estimate of drug-likeness (QED) is 0.777. The second-order valence-corrected chi connectivity index (χ2v) is 6.89. The van der Waals surface area contributed by atoms with Crippen LogP contribution in [0.4, 0.5) is 5.13 Å². The van der Waals surface area contributed by atoms with Gasteiger partial charge < -0.3 is 15.8 Å². The van der Waals surface area contributed by atoms with Gasteiger partial charge in [-0.25, -0.2) is 4.98 Å². The van der Waals surface area contributed by atoms with E-state index in [4.69, 9.17) is 10.5 Å². The normalized spacial score (nSPS) is 11.4. The molecule has 6 heteroatoms. The molecular weight excluding hydrogens is 308 g/mol. The molecule has 0 unspecified atom stereocenters. The molecule has 0 aliphatic heterocycles. The Balaban J connectivity index is 2.15. The molecule has 0 spiro atoms. The number of nitrogens with one attached hydrogen (secondary N) is 1. The first-order chi connectivity index (χ1) is 11.0. The molecule has 23 heavy (non-hydrogen) atoms. The molecule has 0 saturated carbocycles. The molecule has 0 bridgehead atoms. The van der Waals surface area contributed by atoms with E-state index in [1.165, 1.54) is 11.3 Å². The zero-order chi connectivity index (χ0) is 16.8. The molecule has 0 atom stereocenters. The van der Waals surface area contributed by atoms with Crippen LogP contribution in [-0.4, -0.2) is 43.2 Å². The van der Waals surface area contributed by atoms with E-state index in [1.807, 2.05) is 33.0 Å². The summed E-state index contributed by atoms with van der Waals surface area (Å²) in [5.74, 6) is 0.883. The van der Waals surface area contributed by atoms with Gasteiger partial charge >= 0.3 is 0 Å². The van der Waals surface area contributed by atoms with Crippen molar-refractivity contribution in [1.82, 2.24) is 15.2 Å². The van der Waals surface area contributed by atoms with E-state index in [0.29, 0.717) is 5.13 Å². The van der Waals surface area contributed by atoms with Gasteiger partial charge in [0, 0.05) is 19.6 Å². The zero-order valence-corrected chi connectivity index (χ0v) is 15.1. The number of hydrogen-bond acceptors (Lipinski definition) is 6. The van der Waals surface area contributed by atoms with Gasteiger partial charge in [-0.15, -0.1) is 0 Å². The fraction of sp³-hybridized carbons (Fsp3) is 0.471. The largest absolute Gasteiger partial charge is 0.491 e. The van der Waals surface area contributed by atoms with Crippen molar-refractivity contribution in [1.29, 1.82) is 0 Å². The summed E-state index contributed by atoms with van der Waals surface area (Å²) in [6.07, 6.45) is 0.177. The van der Waals surface area contributed by atoms with Crippen molar-refractivity contribution in [3.63, 3.8) is 0 Å². The molecule has 5 nitrogen and oxygen atoms in total. The van der Waals surface area contributed by atoms with Crippen LogP contribution in [0.3, 0.4) is 0 Å². The standard InChI is InChI=1S/C17H26N4OS/c1-12(2)22-14-7-5-13(6-8-14)16-15(20-17(18)23-16)11-21(4)10-9-19-3/h5-8,12,19H,9-11H2,1-4H3,(H2,18,20). The van der Waals surface area contributed by atoms with Crippen LogP contribution in [0.2, 0.25) is 0 Å². The maximum Gasteiger partial charge on any atom is 0.180 e. The Kier molecular flexibility index (Phi) is 6.38. The average Bonchev–Trinajstić information content (AvgIpc) is 2.86. The first kappa shape index (κ1) is 17.7. The van der Waals surface area contributed by atoms with Crippen LogP contribution in [0.1, 0.15) is 19.5 Å². The topological polar surface area (TPSA) is 63.4 Å². The number of rotatable bonds is 8. The maximum absolute atomic E-state index is 5.94. The minimum atomic E-state index is 0.177. The van der Waals surface area contributed by atoms with E-state index in [2.05, 4.69) is 34.4 Å². The Morgan fingerprint density at radius 1 is 1.30 bits per heavy atom. The number of nitrogen functional groups attached to an aromatic ring is 1. The van der Waals surface area contributed by atoms with Gasteiger partial charge in [0.25, 0.3) is 0 Å². The lowest BCUT2D eigenvalue weighted by Crippen LogP contribution is -2.27. The van der Waals surface area contributed by atoms with Crippen LogP contribution in [0.15, 0.2) is 24.3 Å². The van der Waals surface area contributed by atoms with Crippen LogP contribution in [0.25, 0.3) is 10.4 Å². The Morgan fingerprint density at radius 3 is 2.61 bits per heavy atom. The van der Waals surface area contributed by atoms with Crippen LogP contribution < -0.4 is 15.8 Å². The number of likely N-dealkylation sites (N-methyl/N-ethyl adjacent to an activating group) is 2. The lowest BCUT2D eigenvalue weighted by Gasteiger charge is -2.16. The fourth-order valence-corrected chi connectivity index (χ4v) is 3.14. The van der Waals surface area contributed by atoms with Crippen LogP contribution in [0.5, 0.6) is 5.75 Å². The molecule has 2 aromatic rings. The number of nitrogens with zero attached hydrogens (tertiary/aromatic N) is 2. The van der Waals surface area contributed by atoms with Crippen LogP contribution in [-0.2, 0) is 6.54 Å². The third-order valence-electron chi connectivity index (χ3n) is 3.37. The molecule has 1 heterocycles. The Morgan fingerprint density at radius 2 is 2.00 bits per heavy atom. The highest BCUT2D eigenvalue weighted by Crippen LogP contribution is 2.33. The van der Waals surface area contributed by atoms with E-state index in [0.717, 1.165) is 41.5 Å². The lowest BCUT2D eigenvalue weighted by atomic mass is 10.1. The first-order valence-electron chi connectivity index (χ1n) is 7.85. The van der Waals surface area contributed by atoms with E-state index < -0.39 is 0 Å². The van der Waals surface area contributed by atoms with Crippen LogP contribution in [0, 0.1) is 0 Å². The smallest absolute Gasteiger partial charge is 0.180 e. The molecule has 1 aromatic carbocycles. The number of benzene rings is 1. The number of nitrogens with two attached hydrogens (primary N) is 1. The van der Waals surface area contributed by atoms with E-state index in [9.17, 15) is 0 Å². The molecule has 0 fully saturated rings. The Bertz CT molecular complexity index is 610. The SMILES string of the molecule is CNCCN(C)Cc1nc(N)sc1-c1ccc(OC(C)C)cc1. The molecule has 126 valence electrons. The molecule has 0 radical (unpaired) electrons. The van der Waals surface area contributed by atoms with Gasteiger partial charge in [-0.3, -0.25) is 4.90 Å². The summed E-state index contributed by atoms with van der Waals surface area (Å²) in [6, 6.07) is 8.14. The molecule has 1 aromatic heterocycles. The highest BCUT2D eigenvalue weighted by molar-refractivity contribution is 7.18. The van der Waals surface area contributed by atoms with Gasteiger partial charge in [0.2, 0.25) is 0 Å². The van der Waals surface area contributed by atoms with E-state index in [1.54, 1.807) is 0 Å². The van der Waals surface area contributed by atoms with Gasteiger partial charge in [0.05, 0.1) is 16.7 Å². The van der Waals surface area contributed by atoms with Crippen molar-refractivity contribution in [2.24, 2.45) is 0 Å². The minimum Gasteiger partial charge on any atom is -0.491 e. The first-order valence-corrected chi connectivity index (χ1v) is 8.66. The van der Waals surface area contributed by atoms with E-state index >= 15 is 0 Å². The number of ether oxygens (including phenoxy) is 1. The third kappa shape index (κ3) is 5.20. The minimum absolute atomic E-state index is 0.177. The summed E-state index contributed by atoms with van der Waals surface area (Å²) in [4.78, 5) is 7.88. The highest BCUT2D eigenvalue weighted by Gasteiger charge is 2.14. The summed E-state index contributed by atoms with van der Waals surface area (Å²) < 4.78 is 5.70. The van der Waals surface area contributed by atoms with Crippen molar-refractivity contribution in [2.45, 2.75) is 26.5 Å². The second-order valence-electron chi connectivity index (χ2n) is 5.86. The van der Waals surface area contributed by atoms with Crippen molar-refractivity contribution in [2.75, 3.05) is 32.9 Å². The van der Waals surface area contributed by atoms with Crippen LogP contribution >= 0.6 is 11.3 Å². The summed E-state index contributed by atoms with van der Waals surface area (Å²) in [5, 5.41) is 3.77. The lowest BCUT2D eigenvalue weighted by molar-refractivity contribution is 0.242. The Labute approximate surface area is 142 Å². The molecule has 3 N–H and O–H groups in total. The highest BCUT2D eigenvalue weighted by atomic mass is 32.1. The second kappa shape index (κ2) is 8.29. The molecular formula is C17H26N4OS. The fourth-order valence-electron chi connectivity index (χ4n) is 2.30. The summed E-state index contributed by atoms with van der Waals surface area (Å²) in [5.41, 5.74) is 8.10. The summed E-state index contributed by atoms with van der Waals surface area (Å²) >= 11 is 1.54. The van der Waals surface area contributed by atoms with Gasteiger partial charge in [0.15, 0.2) is 5.13 Å². The van der Waals surface area contributed by atoms with Gasteiger partial charge in [0.1, 0.15) is 5.75 Å². The summed E-state index contributed by atoms with van der Waals surface area (Å²) in [7, 11) is 4.05. The predicted molar refractivity (Wildman–Crippen MR) is 98.0 cm³/mol. The zero-order valence-electron chi connectivity index (χ0n) is 14.3. The van der Waals surface area contributed by atoms with Crippen molar-refractivity contribution in [3.05, 3.63) is 30.0 Å². The number of thiazole rings is 1. The third-order valence-corrected chi connectivity index (χ3v) is 4.34. The monoisotopic (exact) mass is 334 g/mol. The molecule has 0 aliphatic carbocycles. The molecule has 0 amide bonds. The molecule has 2 rings (SSSR count). The average molecular weight is 334 g/mol. The van der Waals surface area contributed by atoms with Gasteiger partial charge in [-0.1, -0.05) is 11.3 Å². The predicted octanol–water partition coefficient (Wildman–Crippen LogP) is 2.83. The molecule has 0 saturated heterocycles. The van der Waals surface area contributed by atoms with Gasteiger partial charge in [-0.05, 0) is 57.8 Å². The van der Waals surface area contributed by atoms with Crippen molar-refractivity contribution >= 4 is 16.5 Å². The van der Waals surface area contributed by atoms with Gasteiger partial charge in [-0.2, -0.15) is 0 Å². The summed E-state index contributed by atoms with van der Waals surface area (Å²) in [6.45, 7) is 6.75. The maximum atomic E-state index is 5.94. The van der Waals surface area contributed by atoms with Crippen molar-refractivity contribution in [3.8, 4) is 16.2 Å².